The number of esters is 1. The van der Waals surface area contributed by atoms with Crippen LogP contribution < -0.4 is 10.5 Å². The lowest BCUT2D eigenvalue weighted by molar-refractivity contribution is -0.151. The number of benzene rings is 1. The third kappa shape index (κ3) is 2.94. The Morgan fingerprint density at radius 2 is 1.94 bits per heavy atom. The summed E-state index contributed by atoms with van der Waals surface area (Å²) in [6.45, 7) is 2.46. The molecule has 0 saturated heterocycles. The van der Waals surface area contributed by atoms with Crippen LogP contribution in [0.2, 0.25) is 0 Å². The number of nitrogens with two attached hydrogens (primary N) is 1. The number of para-hydroxylation sites is 1. The van der Waals surface area contributed by atoms with Crippen LogP contribution in [0.4, 0.5) is 5.69 Å². The maximum absolute atomic E-state index is 11.4. The summed E-state index contributed by atoms with van der Waals surface area (Å²) in [5, 5.41) is 18.3. The molecule has 1 aromatic rings. The van der Waals surface area contributed by atoms with Gasteiger partial charge in [-0.15, -0.1) is 0 Å². The third-order valence-corrected chi connectivity index (χ3v) is 1.97. The Bertz CT molecular complexity index is 461. The average Bonchev–Trinajstić information content (AvgIpc) is 2.18. The van der Waals surface area contributed by atoms with E-state index in [4.69, 9.17) is 15.6 Å². The zero-order chi connectivity index (χ0) is 13.2. The van der Waals surface area contributed by atoms with Crippen molar-refractivity contribution >= 4 is 17.6 Å². The monoisotopic (exact) mass is 239 g/mol. The smallest absolute Gasteiger partial charge is 0.343 e. The summed E-state index contributed by atoms with van der Waals surface area (Å²) in [5.74, 6) is -2.50. The van der Waals surface area contributed by atoms with E-state index in [1.165, 1.54) is 32.0 Å². The van der Waals surface area contributed by atoms with E-state index in [0.717, 1.165) is 0 Å². The van der Waals surface area contributed by atoms with Gasteiger partial charge in [0.15, 0.2) is 11.4 Å². The number of hydrogen-bond acceptors (Lipinski definition) is 5. The molecule has 1 aromatic carbocycles. The molecular formula is C11H13NO5. The molecule has 0 amide bonds. The average molecular weight is 239 g/mol. The number of ether oxygens (including phenoxy) is 1. The van der Waals surface area contributed by atoms with Crippen molar-refractivity contribution in [3.63, 3.8) is 0 Å². The Kier molecular flexibility index (Phi) is 3.38. The largest absolute Gasteiger partial charge is 0.478 e. The first-order chi connectivity index (χ1) is 7.73. The molecule has 0 saturated carbocycles. The Labute approximate surface area is 97.6 Å². The van der Waals surface area contributed by atoms with Crippen molar-refractivity contribution in [1.29, 1.82) is 0 Å². The van der Waals surface area contributed by atoms with E-state index in [1.807, 2.05) is 0 Å². The standard InChI is InChI=1S/C11H13NO5/c1-11(2,16)10(15)17-8-6(9(13)14)4-3-5-7(8)12/h3-5,16H,12H2,1-2H3,(H,13,14). The fourth-order valence-electron chi connectivity index (χ4n) is 1.05. The molecule has 0 heterocycles. The van der Waals surface area contributed by atoms with Crippen LogP contribution in [-0.2, 0) is 4.79 Å². The van der Waals surface area contributed by atoms with Gasteiger partial charge in [0.2, 0.25) is 0 Å². The van der Waals surface area contributed by atoms with E-state index in [2.05, 4.69) is 0 Å². The SMILES string of the molecule is CC(C)(O)C(=O)Oc1c(N)cccc1C(=O)O. The number of carboxylic acid groups (broad SMARTS) is 1. The van der Waals surface area contributed by atoms with Gasteiger partial charge in [0, 0.05) is 0 Å². The molecule has 0 aromatic heterocycles. The first kappa shape index (κ1) is 13.0. The summed E-state index contributed by atoms with van der Waals surface area (Å²) in [5.41, 5.74) is 3.59. The van der Waals surface area contributed by atoms with Gasteiger partial charge in [0.05, 0.1) is 5.69 Å². The zero-order valence-electron chi connectivity index (χ0n) is 9.43. The number of carbonyl (C=O) groups is 2. The van der Waals surface area contributed by atoms with Crippen molar-refractivity contribution in [2.75, 3.05) is 5.73 Å². The van der Waals surface area contributed by atoms with Gasteiger partial charge in [-0.05, 0) is 26.0 Å². The quantitative estimate of drug-likeness (QED) is 0.405. The van der Waals surface area contributed by atoms with Crippen molar-refractivity contribution < 1.29 is 24.5 Å². The Morgan fingerprint density at radius 1 is 1.35 bits per heavy atom. The maximum Gasteiger partial charge on any atom is 0.343 e. The lowest BCUT2D eigenvalue weighted by Crippen LogP contribution is -2.35. The molecule has 0 aliphatic carbocycles. The number of nitrogen functional groups attached to an aromatic ring is 1. The molecule has 6 nitrogen and oxygen atoms in total. The first-order valence-corrected chi connectivity index (χ1v) is 4.80. The van der Waals surface area contributed by atoms with Crippen LogP contribution in [0.25, 0.3) is 0 Å². The van der Waals surface area contributed by atoms with Gasteiger partial charge in [-0.1, -0.05) is 6.07 Å². The van der Waals surface area contributed by atoms with Gasteiger partial charge in [-0.25, -0.2) is 9.59 Å². The first-order valence-electron chi connectivity index (χ1n) is 4.80. The Morgan fingerprint density at radius 3 is 2.41 bits per heavy atom. The van der Waals surface area contributed by atoms with Crippen LogP contribution in [0.1, 0.15) is 24.2 Å². The van der Waals surface area contributed by atoms with E-state index < -0.39 is 17.5 Å². The minimum Gasteiger partial charge on any atom is -0.478 e. The van der Waals surface area contributed by atoms with E-state index in [-0.39, 0.29) is 17.0 Å². The second-order valence-electron chi connectivity index (χ2n) is 3.98. The summed E-state index contributed by atoms with van der Waals surface area (Å²) in [6, 6.07) is 4.09. The molecule has 0 unspecified atom stereocenters. The highest BCUT2D eigenvalue weighted by Crippen LogP contribution is 2.27. The predicted molar refractivity (Wildman–Crippen MR) is 59.7 cm³/mol. The molecule has 0 aliphatic heterocycles. The number of aliphatic hydroxyl groups is 1. The molecule has 92 valence electrons. The predicted octanol–water partition coefficient (Wildman–Crippen LogP) is 0.643. The highest BCUT2D eigenvalue weighted by atomic mass is 16.6. The van der Waals surface area contributed by atoms with Crippen LogP contribution in [0, 0.1) is 0 Å². The Balaban J connectivity index is 3.14. The number of aromatic carboxylic acids is 1. The van der Waals surface area contributed by atoms with Crippen molar-refractivity contribution in [2.24, 2.45) is 0 Å². The van der Waals surface area contributed by atoms with E-state index in [9.17, 15) is 14.7 Å². The van der Waals surface area contributed by atoms with Crippen molar-refractivity contribution in [2.45, 2.75) is 19.4 Å². The highest BCUT2D eigenvalue weighted by molar-refractivity contribution is 5.95. The fourth-order valence-corrected chi connectivity index (χ4v) is 1.05. The van der Waals surface area contributed by atoms with E-state index in [1.54, 1.807) is 0 Å². The molecule has 17 heavy (non-hydrogen) atoms. The van der Waals surface area contributed by atoms with Crippen molar-refractivity contribution in [3.05, 3.63) is 23.8 Å². The summed E-state index contributed by atoms with van der Waals surface area (Å²) >= 11 is 0. The third-order valence-electron chi connectivity index (χ3n) is 1.97. The van der Waals surface area contributed by atoms with Gasteiger partial charge in [-0.3, -0.25) is 0 Å². The van der Waals surface area contributed by atoms with Gasteiger partial charge in [0.25, 0.3) is 0 Å². The highest BCUT2D eigenvalue weighted by Gasteiger charge is 2.28. The van der Waals surface area contributed by atoms with Gasteiger partial charge < -0.3 is 20.7 Å². The molecular weight excluding hydrogens is 226 g/mol. The van der Waals surface area contributed by atoms with Gasteiger partial charge in [-0.2, -0.15) is 0 Å². The lowest BCUT2D eigenvalue weighted by Gasteiger charge is -2.17. The molecule has 0 fully saturated rings. The summed E-state index contributed by atoms with van der Waals surface area (Å²) in [7, 11) is 0. The van der Waals surface area contributed by atoms with Crippen LogP contribution in [0.15, 0.2) is 18.2 Å². The second-order valence-corrected chi connectivity index (χ2v) is 3.98. The fraction of sp³-hybridized carbons (Fsp3) is 0.273. The molecule has 0 aliphatic rings. The summed E-state index contributed by atoms with van der Waals surface area (Å²) in [6.07, 6.45) is 0. The number of rotatable bonds is 3. The van der Waals surface area contributed by atoms with E-state index in [0.29, 0.717) is 0 Å². The molecule has 0 bridgehead atoms. The van der Waals surface area contributed by atoms with Gasteiger partial charge >= 0.3 is 11.9 Å². The molecule has 4 N–H and O–H groups in total. The molecule has 0 spiro atoms. The van der Waals surface area contributed by atoms with Crippen LogP contribution in [0.5, 0.6) is 5.75 Å². The van der Waals surface area contributed by atoms with Crippen LogP contribution in [0.3, 0.4) is 0 Å². The van der Waals surface area contributed by atoms with Gasteiger partial charge in [0.1, 0.15) is 5.56 Å². The number of anilines is 1. The molecule has 6 heteroatoms. The Hall–Kier alpha value is -2.08. The second kappa shape index (κ2) is 4.42. The van der Waals surface area contributed by atoms with E-state index >= 15 is 0 Å². The minimum atomic E-state index is -1.72. The number of hydrogen-bond donors (Lipinski definition) is 3. The van der Waals surface area contributed by atoms with Crippen molar-refractivity contribution in [3.8, 4) is 5.75 Å². The zero-order valence-corrected chi connectivity index (χ0v) is 9.43. The normalized spacial score (nSPS) is 11.0. The summed E-state index contributed by atoms with van der Waals surface area (Å²) < 4.78 is 4.81. The van der Waals surface area contributed by atoms with Crippen LogP contribution in [-0.4, -0.2) is 27.8 Å². The maximum atomic E-state index is 11.4. The number of carbonyl (C=O) groups excluding carboxylic acids is 1. The summed E-state index contributed by atoms with van der Waals surface area (Å²) in [4.78, 5) is 22.3. The number of carboxylic acids is 1. The molecule has 0 radical (unpaired) electrons. The van der Waals surface area contributed by atoms with Crippen molar-refractivity contribution in [1.82, 2.24) is 0 Å². The minimum absolute atomic E-state index is 0.0162. The topological polar surface area (TPSA) is 110 Å². The lowest BCUT2D eigenvalue weighted by atomic mass is 10.1. The molecule has 1 rings (SSSR count). The molecule has 0 atom stereocenters. The van der Waals surface area contributed by atoms with Crippen LogP contribution >= 0.6 is 0 Å².